The molecule has 0 aliphatic carbocycles. The number of hydrogen-bond acceptors (Lipinski definition) is 3. The van der Waals surface area contributed by atoms with Gasteiger partial charge in [0.15, 0.2) is 0 Å². The molecule has 30 heavy (non-hydrogen) atoms. The number of unbranched alkanes of at least 4 members (excludes halogenated alkanes) is 2. The second-order valence-electron chi connectivity index (χ2n) is 6.68. The van der Waals surface area contributed by atoms with E-state index in [0.717, 1.165) is 12.8 Å². The number of fused-ring (bicyclic) bond motifs is 1. The van der Waals surface area contributed by atoms with Crippen LogP contribution in [-0.4, -0.2) is 24.7 Å². The van der Waals surface area contributed by atoms with E-state index in [1.54, 1.807) is 0 Å². The number of carboxylic acids is 1. The molecule has 2 aromatic rings. The van der Waals surface area contributed by atoms with Gasteiger partial charge in [-0.1, -0.05) is 102 Å². The number of benzene rings is 2. The first-order valence-corrected chi connectivity index (χ1v) is 10.8. The Morgan fingerprint density at radius 2 is 1.43 bits per heavy atom. The molecule has 0 aromatic heterocycles. The molecule has 0 saturated heterocycles. The molecule has 2 rings (SSSR count). The van der Waals surface area contributed by atoms with Crippen LogP contribution in [0.4, 0.5) is 0 Å². The smallest absolute Gasteiger partial charge is 0.303 e. The van der Waals surface area contributed by atoms with Gasteiger partial charge in [0.1, 0.15) is 13.6 Å². The van der Waals surface area contributed by atoms with Crippen LogP contribution >= 0.6 is 0 Å². The van der Waals surface area contributed by atoms with Crippen LogP contribution < -0.4 is 0 Å². The molecule has 1 N–H and O–H groups in total. The number of hydrogen-bond donors (Lipinski definition) is 1. The fourth-order valence-corrected chi connectivity index (χ4v) is 2.88. The predicted octanol–water partition coefficient (Wildman–Crippen LogP) is 7.26. The molecule has 0 aliphatic rings. The summed E-state index contributed by atoms with van der Waals surface area (Å²) in [6.45, 7) is 14.6. The van der Waals surface area contributed by atoms with Crippen molar-refractivity contribution in [1.29, 1.82) is 0 Å². The average Bonchev–Trinajstić information content (AvgIpc) is 2.79. The van der Waals surface area contributed by atoms with E-state index in [0.29, 0.717) is 12.3 Å². The van der Waals surface area contributed by atoms with E-state index in [9.17, 15) is 4.79 Å². The van der Waals surface area contributed by atoms with Crippen LogP contribution in [0.1, 0.15) is 78.2 Å². The van der Waals surface area contributed by atoms with Gasteiger partial charge >= 0.3 is 5.97 Å². The third-order valence-electron chi connectivity index (χ3n) is 4.40. The lowest BCUT2D eigenvalue weighted by molar-refractivity contribution is -0.137. The van der Waals surface area contributed by atoms with Gasteiger partial charge in [0.05, 0.1) is 0 Å². The molecule has 4 nitrogen and oxygen atoms in total. The summed E-state index contributed by atoms with van der Waals surface area (Å²) in [6.07, 6.45) is 7.36. The Morgan fingerprint density at radius 3 is 1.97 bits per heavy atom. The van der Waals surface area contributed by atoms with E-state index in [4.69, 9.17) is 14.7 Å². The monoisotopic (exact) mass is 418 g/mol. The Balaban J connectivity index is -0.000000390. The normalized spacial score (nSPS) is 9.77. The quantitative estimate of drug-likeness (QED) is 0.458. The van der Waals surface area contributed by atoms with Gasteiger partial charge in [0.25, 0.3) is 0 Å². The first-order chi connectivity index (χ1) is 14.5. The molecule has 0 heterocycles. The zero-order valence-electron chi connectivity index (χ0n) is 19.7. The SMILES string of the molecule is C=O.C=O.CC.CCCCCC(C)CCCC(=O)O.Cc1cccc2ccccc12. The van der Waals surface area contributed by atoms with Crippen molar-refractivity contribution in [1.82, 2.24) is 0 Å². The summed E-state index contributed by atoms with van der Waals surface area (Å²) in [5, 5.41) is 11.1. The Hall–Kier alpha value is -2.49. The molecule has 170 valence electrons. The van der Waals surface area contributed by atoms with Gasteiger partial charge in [-0.3, -0.25) is 4.79 Å². The lowest BCUT2D eigenvalue weighted by atomic mass is 9.97. The fourth-order valence-electron chi connectivity index (χ4n) is 2.88. The topological polar surface area (TPSA) is 71.4 Å². The van der Waals surface area contributed by atoms with Gasteiger partial charge in [-0.05, 0) is 35.6 Å². The van der Waals surface area contributed by atoms with Crippen LogP contribution in [0.2, 0.25) is 0 Å². The molecule has 1 unspecified atom stereocenters. The van der Waals surface area contributed by atoms with E-state index >= 15 is 0 Å². The van der Waals surface area contributed by atoms with Crippen molar-refractivity contribution >= 4 is 30.3 Å². The van der Waals surface area contributed by atoms with Crippen LogP contribution in [0.3, 0.4) is 0 Å². The summed E-state index contributed by atoms with van der Waals surface area (Å²) in [4.78, 5) is 26.2. The molecule has 0 amide bonds. The van der Waals surface area contributed by atoms with Crippen LogP contribution in [0.15, 0.2) is 42.5 Å². The minimum absolute atomic E-state index is 0.331. The summed E-state index contributed by atoms with van der Waals surface area (Å²) in [5.74, 6) is 0.0339. The molecular weight excluding hydrogens is 376 g/mol. The molecule has 0 saturated carbocycles. The summed E-state index contributed by atoms with van der Waals surface area (Å²) in [7, 11) is 0. The summed E-state index contributed by atoms with van der Waals surface area (Å²) in [5.41, 5.74) is 1.35. The summed E-state index contributed by atoms with van der Waals surface area (Å²) >= 11 is 0. The van der Waals surface area contributed by atoms with Crippen molar-refractivity contribution in [3.05, 3.63) is 48.0 Å². The second kappa shape index (κ2) is 24.5. The van der Waals surface area contributed by atoms with Crippen LogP contribution in [0.5, 0.6) is 0 Å². The predicted molar refractivity (Wildman–Crippen MR) is 129 cm³/mol. The standard InChI is InChI=1S/C11H22O2.C11H10.C2H6.2CH2O/c1-3-4-5-7-10(2)8-6-9-11(12)13;1-9-5-4-7-10-6-2-3-8-11(9)10;3*1-2/h10H,3-9H2,1-2H3,(H,12,13);2-8H,1H3;1-2H3;2*1H2. The Bertz CT molecular complexity index is 632. The summed E-state index contributed by atoms with van der Waals surface area (Å²) < 4.78 is 0. The lowest BCUT2D eigenvalue weighted by Crippen LogP contribution is -1.99. The Labute approximate surface area is 183 Å². The molecule has 2 aromatic carbocycles. The fraction of sp³-hybridized carbons (Fsp3) is 0.500. The number of aliphatic carboxylic acids is 1. The molecular formula is C26H42O4. The molecule has 0 radical (unpaired) electrons. The number of rotatable bonds is 8. The molecule has 0 spiro atoms. The number of carbonyl (C=O) groups is 3. The van der Waals surface area contributed by atoms with E-state index in [1.165, 1.54) is 42.0 Å². The summed E-state index contributed by atoms with van der Waals surface area (Å²) in [6, 6.07) is 14.8. The van der Waals surface area contributed by atoms with Crippen molar-refractivity contribution in [2.45, 2.75) is 79.6 Å². The maximum absolute atomic E-state index is 10.2. The third kappa shape index (κ3) is 17.6. The minimum atomic E-state index is -0.666. The van der Waals surface area contributed by atoms with Crippen molar-refractivity contribution < 1.29 is 19.5 Å². The van der Waals surface area contributed by atoms with Crippen LogP contribution in [-0.2, 0) is 14.4 Å². The molecule has 1 atom stereocenters. The Kier molecular flexibility index (Phi) is 26.3. The van der Waals surface area contributed by atoms with E-state index in [2.05, 4.69) is 63.2 Å². The lowest BCUT2D eigenvalue weighted by Gasteiger charge is -2.09. The average molecular weight is 419 g/mol. The van der Waals surface area contributed by atoms with E-state index in [1.807, 2.05) is 27.4 Å². The molecule has 4 heteroatoms. The van der Waals surface area contributed by atoms with Gasteiger partial charge < -0.3 is 14.7 Å². The number of aryl methyl sites for hydroxylation is 1. The minimum Gasteiger partial charge on any atom is -0.481 e. The van der Waals surface area contributed by atoms with Crippen LogP contribution in [0, 0.1) is 12.8 Å². The highest BCUT2D eigenvalue weighted by Crippen LogP contribution is 2.17. The van der Waals surface area contributed by atoms with Crippen molar-refractivity contribution in [3.8, 4) is 0 Å². The number of carboxylic acid groups (broad SMARTS) is 1. The first-order valence-electron chi connectivity index (χ1n) is 10.8. The van der Waals surface area contributed by atoms with Gasteiger partial charge in [0, 0.05) is 6.42 Å². The second-order valence-corrected chi connectivity index (χ2v) is 6.68. The zero-order chi connectivity index (χ0) is 23.8. The first kappa shape index (κ1) is 32.2. The number of carbonyl (C=O) groups excluding carboxylic acids is 2. The van der Waals surface area contributed by atoms with E-state index in [-0.39, 0.29) is 0 Å². The third-order valence-corrected chi connectivity index (χ3v) is 4.40. The maximum Gasteiger partial charge on any atom is 0.303 e. The van der Waals surface area contributed by atoms with Gasteiger partial charge in [-0.25, -0.2) is 0 Å². The molecule has 0 fully saturated rings. The van der Waals surface area contributed by atoms with E-state index < -0.39 is 5.97 Å². The van der Waals surface area contributed by atoms with Gasteiger partial charge in [0.2, 0.25) is 0 Å². The zero-order valence-corrected chi connectivity index (χ0v) is 19.7. The maximum atomic E-state index is 10.2. The molecule has 0 bridgehead atoms. The largest absolute Gasteiger partial charge is 0.481 e. The van der Waals surface area contributed by atoms with Crippen molar-refractivity contribution in [2.24, 2.45) is 5.92 Å². The highest BCUT2D eigenvalue weighted by Gasteiger charge is 2.03. The van der Waals surface area contributed by atoms with Crippen molar-refractivity contribution in [3.63, 3.8) is 0 Å². The highest BCUT2D eigenvalue weighted by molar-refractivity contribution is 5.85. The highest BCUT2D eigenvalue weighted by atomic mass is 16.4. The molecule has 0 aliphatic heterocycles. The van der Waals surface area contributed by atoms with Crippen molar-refractivity contribution in [2.75, 3.05) is 0 Å². The van der Waals surface area contributed by atoms with Gasteiger partial charge in [-0.2, -0.15) is 0 Å². The Morgan fingerprint density at radius 1 is 0.900 bits per heavy atom. The van der Waals surface area contributed by atoms with Crippen LogP contribution in [0.25, 0.3) is 10.8 Å². The van der Waals surface area contributed by atoms with Gasteiger partial charge in [-0.15, -0.1) is 0 Å².